The number of hydrogen-bond acceptors (Lipinski definition) is 3. The van der Waals surface area contributed by atoms with Crippen LogP contribution in [0.15, 0.2) is 30.3 Å². The third kappa shape index (κ3) is 2.38. The van der Waals surface area contributed by atoms with E-state index in [2.05, 4.69) is 56.0 Å². The first-order valence-corrected chi connectivity index (χ1v) is 8.32. The Balaban J connectivity index is 1.94. The molecule has 0 spiro atoms. The van der Waals surface area contributed by atoms with Crippen molar-refractivity contribution in [3.8, 4) is 11.3 Å². The van der Waals surface area contributed by atoms with E-state index in [0.717, 1.165) is 41.3 Å². The molecular formula is C19H22N4. The third-order valence-electron chi connectivity index (χ3n) is 4.65. The number of aryl methyl sites for hydroxylation is 3. The molecule has 1 fully saturated rings. The lowest BCUT2D eigenvalue weighted by Gasteiger charge is -2.18. The smallest absolute Gasteiger partial charge is 0.161 e. The summed E-state index contributed by atoms with van der Waals surface area (Å²) in [6.07, 6.45) is 2.52. The molecule has 0 aliphatic carbocycles. The molecule has 1 aromatic carbocycles. The second-order valence-electron chi connectivity index (χ2n) is 6.53. The monoisotopic (exact) mass is 306 g/mol. The fraction of sp³-hybridized carbons (Fsp3) is 0.368. The lowest BCUT2D eigenvalue weighted by atomic mass is 10.1. The molecule has 0 N–H and O–H groups in total. The predicted octanol–water partition coefficient (Wildman–Crippen LogP) is 3.92. The minimum atomic E-state index is 0.975. The van der Waals surface area contributed by atoms with Gasteiger partial charge in [-0.1, -0.05) is 23.8 Å². The van der Waals surface area contributed by atoms with E-state index in [9.17, 15) is 0 Å². The average Bonchev–Trinajstić information content (AvgIpc) is 3.16. The molecule has 0 radical (unpaired) electrons. The van der Waals surface area contributed by atoms with Gasteiger partial charge in [0.2, 0.25) is 0 Å². The van der Waals surface area contributed by atoms with Crippen LogP contribution in [0.4, 0.5) is 5.82 Å². The van der Waals surface area contributed by atoms with Gasteiger partial charge in [-0.2, -0.15) is 9.61 Å². The topological polar surface area (TPSA) is 33.4 Å². The van der Waals surface area contributed by atoms with E-state index in [0.29, 0.717) is 0 Å². The summed E-state index contributed by atoms with van der Waals surface area (Å²) in [5.74, 6) is 1.17. The van der Waals surface area contributed by atoms with Gasteiger partial charge < -0.3 is 4.90 Å². The van der Waals surface area contributed by atoms with Crippen molar-refractivity contribution >= 4 is 11.5 Å². The van der Waals surface area contributed by atoms with Crippen LogP contribution in [0.1, 0.15) is 29.7 Å². The molecule has 23 heavy (non-hydrogen) atoms. The Kier molecular flexibility index (Phi) is 3.33. The summed E-state index contributed by atoms with van der Waals surface area (Å²) in [5.41, 5.74) is 6.63. The van der Waals surface area contributed by atoms with Gasteiger partial charge in [0.25, 0.3) is 0 Å². The van der Waals surface area contributed by atoms with Gasteiger partial charge in [0.1, 0.15) is 5.82 Å². The van der Waals surface area contributed by atoms with Crippen LogP contribution in [-0.2, 0) is 0 Å². The minimum absolute atomic E-state index is 0.975. The van der Waals surface area contributed by atoms with Gasteiger partial charge >= 0.3 is 0 Å². The van der Waals surface area contributed by atoms with Gasteiger partial charge in [0.05, 0.1) is 5.69 Å². The fourth-order valence-corrected chi connectivity index (χ4v) is 3.46. The Bertz CT molecular complexity index is 872. The Labute approximate surface area is 136 Å². The summed E-state index contributed by atoms with van der Waals surface area (Å²) >= 11 is 0. The van der Waals surface area contributed by atoms with Crippen molar-refractivity contribution in [3.63, 3.8) is 0 Å². The van der Waals surface area contributed by atoms with E-state index >= 15 is 0 Å². The molecule has 0 unspecified atom stereocenters. The number of rotatable bonds is 2. The number of benzene rings is 1. The van der Waals surface area contributed by atoms with Crippen LogP contribution in [-0.4, -0.2) is 27.7 Å². The van der Waals surface area contributed by atoms with E-state index in [4.69, 9.17) is 10.1 Å². The Morgan fingerprint density at radius 2 is 1.78 bits per heavy atom. The van der Waals surface area contributed by atoms with E-state index in [1.54, 1.807) is 0 Å². The van der Waals surface area contributed by atoms with Crippen molar-refractivity contribution in [2.24, 2.45) is 0 Å². The van der Waals surface area contributed by atoms with Crippen molar-refractivity contribution in [2.45, 2.75) is 33.6 Å². The number of hydrogen-bond donors (Lipinski definition) is 0. The van der Waals surface area contributed by atoms with E-state index in [1.807, 2.05) is 4.52 Å². The Morgan fingerprint density at radius 1 is 1.00 bits per heavy atom. The summed E-state index contributed by atoms with van der Waals surface area (Å²) in [7, 11) is 0. The predicted molar refractivity (Wildman–Crippen MR) is 94.1 cm³/mol. The van der Waals surface area contributed by atoms with Crippen LogP contribution in [0.25, 0.3) is 16.9 Å². The second kappa shape index (κ2) is 5.37. The highest BCUT2D eigenvalue weighted by Gasteiger charge is 2.20. The number of aromatic nitrogens is 3. The summed E-state index contributed by atoms with van der Waals surface area (Å²) in [6.45, 7) is 8.53. The van der Waals surface area contributed by atoms with Gasteiger partial charge in [-0.15, -0.1) is 0 Å². The zero-order valence-electron chi connectivity index (χ0n) is 14.0. The van der Waals surface area contributed by atoms with Crippen molar-refractivity contribution in [2.75, 3.05) is 18.0 Å². The molecule has 1 saturated heterocycles. The SMILES string of the molecule is Cc1cccc(-c2nn3c(N4CCCC4)cc(C)nc3c2C)c1. The molecule has 0 atom stereocenters. The molecule has 1 aliphatic rings. The van der Waals surface area contributed by atoms with Gasteiger partial charge in [-0.05, 0) is 39.7 Å². The average molecular weight is 306 g/mol. The summed E-state index contributed by atoms with van der Waals surface area (Å²) in [5, 5.41) is 4.92. The maximum atomic E-state index is 4.92. The quantitative estimate of drug-likeness (QED) is 0.719. The molecule has 118 valence electrons. The Morgan fingerprint density at radius 3 is 2.52 bits per heavy atom. The molecule has 0 amide bonds. The van der Waals surface area contributed by atoms with Crippen LogP contribution in [0.3, 0.4) is 0 Å². The minimum Gasteiger partial charge on any atom is -0.356 e. The van der Waals surface area contributed by atoms with Crippen molar-refractivity contribution in [1.82, 2.24) is 14.6 Å². The molecule has 2 aromatic heterocycles. The second-order valence-corrected chi connectivity index (χ2v) is 6.53. The molecule has 1 aliphatic heterocycles. The van der Waals surface area contributed by atoms with E-state index in [1.165, 1.54) is 24.2 Å². The highest BCUT2D eigenvalue weighted by atomic mass is 15.4. The summed E-state index contributed by atoms with van der Waals surface area (Å²) < 4.78 is 2.03. The number of anilines is 1. The van der Waals surface area contributed by atoms with Gasteiger partial charge in [-0.3, -0.25) is 0 Å². The summed E-state index contributed by atoms with van der Waals surface area (Å²) in [6, 6.07) is 10.7. The largest absolute Gasteiger partial charge is 0.356 e. The van der Waals surface area contributed by atoms with E-state index < -0.39 is 0 Å². The maximum Gasteiger partial charge on any atom is 0.161 e. The van der Waals surface area contributed by atoms with Crippen LogP contribution >= 0.6 is 0 Å². The first kappa shape index (κ1) is 14.2. The standard InChI is InChI=1S/C19H22N4/c1-13-7-6-8-16(11-13)18-15(3)19-20-14(2)12-17(23(19)21-18)22-9-4-5-10-22/h6-8,11-12H,4-5,9-10H2,1-3H3. The number of fused-ring (bicyclic) bond motifs is 1. The van der Waals surface area contributed by atoms with Crippen molar-refractivity contribution in [1.29, 1.82) is 0 Å². The lowest BCUT2D eigenvalue weighted by molar-refractivity contribution is 0.847. The van der Waals surface area contributed by atoms with Gasteiger partial charge in [0, 0.05) is 36.0 Å². The number of nitrogens with zero attached hydrogens (tertiary/aromatic N) is 4. The molecule has 3 aromatic rings. The highest BCUT2D eigenvalue weighted by molar-refractivity contribution is 5.72. The van der Waals surface area contributed by atoms with Crippen LogP contribution < -0.4 is 4.90 Å². The molecule has 4 rings (SSSR count). The highest BCUT2D eigenvalue weighted by Crippen LogP contribution is 2.29. The first-order chi connectivity index (χ1) is 11.1. The molecule has 4 nitrogen and oxygen atoms in total. The molecule has 4 heteroatoms. The van der Waals surface area contributed by atoms with Crippen LogP contribution in [0, 0.1) is 20.8 Å². The van der Waals surface area contributed by atoms with Crippen LogP contribution in [0.2, 0.25) is 0 Å². The van der Waals surface area contributed by atoms with Gasteiger partial charge in [-0.25, -0.2) is 4.98 Å². The van der Waals surface area contributed by atoms with Crippen molar-refractivity contribution in [3.05, 3.63) is 47.2 Å². The lowest BCUT2D eigenvalue weighted by Crippen LogP contribution is -2.21. The molecule has 0 bridgehead atoms. The normalized spacial score (nSPS) is 14.8. The van der Waals surface area contributed by atoms with Crippen molar-refractivity contribution < 1.29 is 0 Å². The summed E-state index contributed by atoms with van der Waals surface area (Å²) in [4.78, 5) is 7.17. The zero-order valence-corrected chi connectivity index (χ0v) is 14.0. The van der Waals surface area contributed by atoms with Gasteiger partial charge in [0.15, 0.2) is 5.65 Å². The Hall–Kier alpha value is -2.36. The van der Waals surface area contributed by atoms with Crippen LogP contribution in [0.5, 0.6) is 0 Å². The maximum absolute atomic E-state index is 4.92. The first-order valence-electron chi connectivity index (χ1n) is 8.32. The molecule has 3 heterocycles. The van der Waals surface area contributed by atoms with E-state index in [-0.39, 0.29) is 0 Å². The zero-order chi connectivity index (χ0) is 16.0. The third-order valence-corrected chi connectivity index (χ3v) is 4.65. The molecule has 0 saturated carbocycles. The molecular weight excluding hydrogens is 284 g/mol. The fourth-order valence-electron chi connectivity index (χ4n) is 3.46.